The van der Waals surface area contributed by atoms with Crippen LogP contribution < -0.4 is 0 Å². The van der Waals surface area contributed by atoms with E-state index in [4.69, 9.17) is 0 Å². The molecule has 3 saturated carbocycles. The van der Waals surface area contributed by atoms with Crippen LogP contribution >= 0.6 is 0 Å². The molecule has 0 aromatic carbocycles. The predicted molar refractivity (Wildman–Crippen MR) is 129 cm³/mol. The summed E-state index contributed by atoms with van der Waals surface area (Å²) in [6.45, 7) is 15.1. The van der Waals surface area contributed by atoms with Crippen LogP contribution in [-0.4, -0.2) is 33.1 Å². The summed E-state index contributed by atoms with van der Waals surface area (Å²) in [5.74, 6) is 2.39. The lowest BCUT2D eigenvalue weighted by atomic mass is 9.60. The van der Waals surface area contributed by atoms with Crippen molar-refractivity contribution in [2.24, 2.45) is 29.1 Å². The molecule has 3 N–H and O–H groups in total. The summed E-state index contributed by atoms with van der Waals surface area (Å²) in [5, 5.41) is 30.5. The molecule has 0 aromatic heterocycles. The van der Waals surface area contributed by atoms with Crippen LogP contribution in [0.15, 0.2) is 35.5 Å². The first-order chi connectivity index (χ1) is 14.4. The van der Waals surface area contributed by atoms with Crippen LogP contribution in [0.5, 0.6) is 0 Å². The summed E-state index contributed by atoms with van der Waals surface area (Å²) >= 11 is 0. The Morgan fingerprint density at radius 3 is 2.55 bits per heavy atom. The second-order valence-electron chi connectivity index (χ2n) is 11.8. The maximum absolute atomic E-state index is 10.3. The largest absolute Gasteiger partial charge is 0.393 e. The average molecular weight is 431 g/mol. The molecule has 0 aliphatic heterocycles. The number of aliphatic hydroxyl groups excluding tert-OH is 2. The summed E-state index contributed by atoms with van der Waals surface area (Å²) in [6.07, 6.45) is 12.9. The van der Waals surface area contributed by atoms with Crippen molar-refractivity contribution < 1.29 is 15.3 Å². The first kappa shape index (κ1) is 24.7. The molecule has 3 fully saturated rings. The van der Waals surface area contributed by atoms with E-state index in [0.717, 1.165) is 23.5 Å². The lowest BCUT2D eigenvalue weighted by molar-refractivity contribution is 0.0150. The van der Waals surface area contributed by atoms with Crippen molar-refractivity contribution in [3.63, 3.8) is 0 Å². The maximum atomic E-state index is 10.3. The highest BCUT2D eigenvalue weighted by molar-refractivity contribution is 5.38. The molecule has 3 heteroatoms. The van der Waals surface area contributed by atoms with Gasteiger partial charge in [-0.05, 0) is 99.0 Å². The molecule has 0 heterocycles. The molecule has 3 aliphatic rings. The first-order valence-electron chi connectivity index (χ1n) is 12.6. The Labute approximate surface area is 190 Å². The van der Waals surface area contributed by atoms with Gasteiger partial charge in [0.2, 0.25) is 0 Å². The molecule has 3 rings (SSSR count). The molecule has 176 valence electrons. The molecule has 0 amide bonds. The topological polar surface area (TPSA) is 60.7 Å². The lowest BCUT2D eigenvalue weighted by Gasteiger charge is -2.44. The van der Waals surface area contributed by atoms with Gasteiger partial charge < -0.3 is 15.3 Å². The molecule has 0 bridgehead atoms. The Morgan fingerprint density at radius 2 is 1.87 bits per heavy atom. The van der Waals surface area contributed by atoms with Gasteiger partial charge in [0.25, 0.3) is 0 Å². The number of rotatable bonds is 6. The number of allylic oxidation sites excluding steroid dienone is 3. The fourth-order valence-electron chi connectivity index (χ4n) is 6.75. The highest BCUT2D eigenvalue weighted by Gasteiger charge is 2.50. The number of hydrogen-bond donors (Lipinski definition) is 3. The monoisotopic (exact) mass is 430 g/mol. The molecule has 3 nitrogen and oxygen atoms in total. The Kier molecular flexibility index (Phi) is 7.61. The minimum absolute atomic E-state index is 0.322. The van der Waals surface area contributed by atoms with Gasteiger partial charge in [0, 0.05) is 6.42 Å². The van der Waals surface area contributed by atoms with Gasteiger partial charge in [0.15, 0.2) is 0 Å². The SMILES string of the molecule is C=C1/C(=C\C=C2/CCC[C@]3(C)[C@@H]([C@H](C)CC[C@H](C)C(C)(C)O)CC[C@@H]23)C[C@@H](O)C[C@@H]1O. The number of aliphatic hydroxyl groups is 3. The Hall–Kier alpha value is -0.900. The van der Waals surface area contributed by atoms with E-state index in [2.05, 4.69) is 39.5 Å². The highest BCUT2D eigenvalue weighted by Crippen LogP contribution is 2.60. The molecule has 7 atom stereocenters. The Balaban J connectivity index is 1.71. The van der Waals surface area contributed by atoms with Crippen LogP contribution in [0.2, 0.25) is 0 Å². The quantitative estimate of drug-likeness (QED) is 0.488. The van der Waals surface area contributed by atoms with Crippen molar-refractivity contribution in [1.29, 1.82) is 0 Å². The van der Waals surface area contributed by atoms with E-state index >= 15 is 0 Å². The van der Waals surface area contributed by atoms with Gasteiger partial charge in [-0.25, -0.2) is 0 Å². The van der Waals surface area contributed by atoms with Crippen LogP contribution in [-0.2, 0) is 0 Å². The number of hydrogen-bond acceptors (Lipinski definition) is 3. The van der Waals surface area contributed by atoms with Gasteiger partial charge in [-0.1, -0.05) is 51.5 Å². The second kappa shape index (κ2) is 9.53. The van der Waals surface area contributed by atoms with E-state index in [0.29, 0.717) is 36.0 Å². The Morgan fingerprint density at radius 1 is 1.16 bits per heavy atom. The summed E-state index contributed by atoms with van der Waals surface area (Å²) < 4.78 is 0. The van der Waals surface area contributed by atoms with Gasteiger partial charge in [-0.2, -0.15) is 0 Å². The molecule has 0 aromatic rings. The van der Waals surface area contributed by atoms with Crippen LogP contribution in [0.1, 0.15) is 92.4 Å². The minimum atomic E-state index is -0.618. The van der Waals surface area contributed by atoms with Gasteiger partial charge in [0.1, 0.15) is 0 Å². The fraction of sp³-hybridized carbons (Fsp3) is 0.786. The minimum Gasteiger partial charge on any atom is -0.393 e. The van der Waals surface area contributed by atoms with Crippen molar-refractivity contribution in [3.05, 3.63) is 35.5 Å². The molecule has 0 unspecified atom stereocenters. The fourth-order valence-corrected chi connectivity index (χ4v) is 6.75. The third-order valence-electron chi connectivity index (χ3n) is 9.25. The molecule has 0 saturated heterocycles. The van der Waals surface area contributed by atoms with Gasteiger partial charge in [0.05, 0.1) is 17.8 Å². The zero-order valence-electron chi connectivity index (χ0n) is 20.5. The molecular formula is C28H46O3. The lowest BCUT2D eigenvalue weighted by Crippen LogP contribution is -2.36. The van der Waals surface area contributed by atoms with E-state index in [9.17, 15) is 15.3 Å². The molecule has 3 aliphatic carbocycles. The standard InChI is InChI=1S/C28H46O3/c1-18(9-10-19(2)27(4,5)31)24-13-14-25-21(8-7-15-28(24,25)6)11-12-22-16-23(29)17-26(30)20(22)3/h11-12,18-19,23-26,29-31H,3,7-10,13-17H2,1-2,4-6H3/b21-11+,22-12-/t18-,19+,23-,24-,25+,26+,28-/m1/s1. The molecular weight excluding hydrogens is 384 g/mol. The summed E-state index contributed by atoms with van der Waals surface area (Å²) in [5.41, 5.74) is 3.11. The molecule has 0 radical (unpaired) electrons. The zero-order chi connectivity index (χ0) is 23.0. The third kappa shape index (κ3) is 5.37. The van der Waals surface area contributed by atoms with E-state index in [-0.39, 0.29) is 0 Å². The van der Waals surface area contributed by atoms with Gasteiger partial charge in [-0.15, -0.1) is 0 Å². The van der Waals surface area contributed by atoms with Crippen LogP contribution in [0.25, 0.3) is 0 Å². The smallest absolute Gasteiger partial charge is 0.0811 e. The van der Waals surface area contributed by atoms with E-state index in [1.165, 1.54) is 38.5 Å². The second-order valence-corrected chi connectivity index (χ2v) is 11.8. The van der Waals surface area contributed by atoms with Crippen molar-refractivity contribution in [1.82, 2.24) is 0 Å². The zero-order valence-corrected chi connectivity index (χ0v) is 20.5. The van der Waals surface area contributed by atoms with Crippen molar-refractivity contribution in [2.45, 2.75) is 110 Å². The van der Waals surface area contributed by atoms with Crippen molar-refractivity contribution in [2.75, 3.05) is 0 Å². The summed E-state index contributed by atoms with van der Waals surface area (Å²) in [7, 11) is 0. The van der Waals surface area contributed by atoms with Crippen LogP contribution in [0.3, 0.4) is 0 Å². The summed E-state index contributed by atoms with van der Waals surface area (Å²) in [6, 6.07) is 0. The molecule has 0 spiro atoms. The van der Waals surface area contributed by atoms with Crippen LogP contribution in [0, 0.1) is 29.1 Å². The Bertz CT molecular complexity index is 712. The van der Waals surface area contributed by atoms with Gasteiger partial charge in [-0.3, -0.25) is 0 Å². The van der Waals surface area contributed by atoms with E-state index in [1.54, 1.807) is 5.57 Å². The van der Waals surface area contributed by atoms with Crippen molar-refractivity contribution in [3.8, 4) is 0 Å². The highest BCUT2D eigenvalue weighted by atomic mass is 16.3. The molecule has 31 heavy (non-hydrogen) atoms. The van der Waals surface area contributed by atoms with E-state index < -0.39 is 17.8 Å². The first-order valence-corrected chi connectivity index (χ1v) is 12.6. The van der Waals surface area contributed by atoms with E-state index in [1.807, 2.05) is 13.8 Å². The average Bonchev–Trinajstić information content (AvgIpc) is 3.04. The van der Waals surface area contributed by atoms with Crippen molar-refractivity contribution >= 4 is 0 Å². The summed E-state index contributed by atoms with van der Waals surface area (Å²) in [4.78, 5) is 0. The number of fused-ring (bicyclic) bond motifs is 1. The predicted octanol–water partition coefficient (Wildman–Crippen LogP) is 5.95. The third-order valence-corrected chi connectivity index (χ3v) is 9.25. The maximum Gasteiger partial charge on any atom is 0.0811 e. The van der Waals surface area contributed by atoms with Crippen LogP contribution in [0.4, 0.5) is 0 Å². The van der Waals surface area contributed by atoms with Gasteiger partial charge >= 0.3 is 0 Å². The normalized spacial score (nSPS) is 39.0.